The van der Waals surface area contributed by atoms with Gasteiger partial charge in [-0.25, -0.2) is 0 Å². The summed E-state index contributed by atoms with van der Waals surface area (Å²) in [6.07, 6.45) is 0.122. The summed E-state index contributed by atoms with van der Waals surface area (Å²) in [4.78, 5) is 11.1. The Kier molecular flexibility index (Phi) is 6.53. The van der Waals surface area contributed by atoms with Gasteiger partial charge in [0.25, 0.3) is 0 Å². The number of hydrogen-bond donors (Lipinski definition) is 2. The molecule has 0 aliphatic rings. The number of ether oxygens (including phenoxy) is 1. The predicted octanol–water partition coefficient (Wildman–Crippen LogP) is 1.77. The van der Waals surface area contributed by atoms with E-state index in [4.69, 9.17) is 10.5 Å². The van der Waals surface area contributed by atoms with Gasteiger partial charge in [-0.1, -0.05) is 12.1 Å². The van der Waals surface area contributed by atoms with Gasteiger partial charge in [-0.2, -0.15) is 0 Å². The number of benzene rings is 1. The lowest BCUT2D eigenvalue weighted by atomic mass is 10.0. The molecule has 0 saturated carbocycles. The monoisotopic (exact) mass is 245 g/mol. The minimum absolute atomic E-state index is 0. The van der Waals surface area contributed by atoms with Gasteiger partial charge in [0.2, 0.25) is 0 Å². The van der Waals surface area contributed by atoms with Gasteiger partial charge >= 0.3 is 5.97 Å². The highest BCUT2D eigenvalue weighted by Crippen LogP contribution is 2.19. The molecule has 0 aromatic heterocycles. The SMILES string of the molecule is CCOC(=O)C[C@H](N)c1cccc(O)c1.Cl. The van der Waals surface area contributed by atoms with E-state index in [1.54, 1.807) is 31.2 Å². The van der Waals surface area contributed by atoms with Crippen LogP contribution in [-0.2, 0) is 9.53 Å². The first-order valence-corrected chi connectivity index (χ1v) is 4.83. The Morgan fingerprint density at radius 3 is 2.81 bits per heavy atom. The van der Waals surface area contributed by atoms with Crippen molar-refractivity contribution in [3.05, 3.63) is 29.8 Å². The van der Waals surface area contributed by atoms with Gasteiger partial charge in [0.1, 0.15) is 5.75 Å². The molecule has 4 nitrogen and oxygen atoms in total. The van der Waals surface area contributed by atoms with Crippen molar-refractivity contribution in [1.29, 1.82) is 0 Å². The van der Waals surface area contributed by atoms with Gasteiger partial charge in [-0.05, 0) is 24.6 Å². The van der Waals surface area contributed by atoms with Crippen LogP contribution in [0.1, 0.15) is 24.9 Å². The smallest absolute Gasteiger partial charge is 0.307 e. The summed E-state index contributed by atoms with van der Waals surface area (Å²) in [7, 11) is 0. The van der Waals surface area contributed by atoms with E-state index >= 15 is 0 Å². The van der Waals surface area contributed by atoms with Crippen molar-refractivity contribution >= 4 is 18.4 Å². The molecule has 1 rings (SSSR count). The van der Waals surface area contributed by atoms with Crippen LogP contribution < -0.4 is 5.73 Å². The summed E-state index contributed by atoms with van der Waals surface area (Å²) in [5, 5.41) is 9.23. The topological polar surface area (TPSA) is 72.5 Å². The molecule has 0 aliphatic heterocycles. The second-order valence-corrected chi connectivity index (χ2v) is 3.21. The highest BCUT2D eigenvalue weighted by atomic mass is 35.5. The number of nitrogens with two attached hydrogens (primary N) is 1. The molecule has 0 aliphatic carbocycles. The summed E-state index contributed by atoms with van der Waals surface area (Å²) in [6.45, 7) is 2.10. The number of phenolic OH excluding ortho intramolecular Hbond substituents is 1. The molecule has 0 fully saturated rings. The zero-order valence-electron chi connectivity index (χ0n) is 9.05. The average Bonchev–Trinajstić information content (AvgIpc) is 2.18. The predicted molar refractivity (Wildman–Crippen MR) is 63.5 cm³/mol. The van der Waals surface area contributed by atoms with Crippen molar-refractivity contribution in [2.24, 2.45) is 5.73 Å². The van der Waals surface area contributed by atoms with Crippen LogP contribution >= 0.6 is 12.4 Å². The maximum atomic E-state index is 11.1. The molecule has 1 aromatic rings. The number of halogens is 1. The van der Waals surface area contributed by atoms with E-state index in [1.165, 1.54) is 0 Å². The Balaban J connectivity index is 0.00000225. The molecule has 0 spiro atoms. The van der Waals surface area contributed by atoms with Gasteiger partial charge in [0.15, 0.2) is 0 Å². The Bertz CT molecular complexity index is 344. The number of carbonyl (C=O) groups excluding carboxylic acids is 1. The molecular formula is C11H16ClNO3. The summed E-state index contributed by atoms with van der Waals surface area (Å²) < 4.78 is 4.78. The van der Waals surface area contributed by atoms with Crippen molar-refractivity contribution in [1.82, 2.24) is 0 Å². The third kappa shape index (κ3) is 4.51. The van der Waals surface area contributed by atoms with Gasteiger partial charge in [0.05, 0.1) is 13.0 Å². The first kappa shape index (κ1) is 14.7. The fourth-order valence-electron chi connectivity index (χ4n) is 1.27. The van der Waals surface area contributed by atoms with Crippen molar-refractivity contribution in [2.45, 2.75) is 19.4 Å². The van der Waals surface area contributed by atoms with Crippen LogP contribution in [0.25, 0.3) is 0 Å². The standard InChI is InChI=1S/C11H15NO3.ClH/c1-2-15-11(14)7-10(12)8-4-3-5-9(13)6-8;/h3-6,10,13H,2,7,12H2,1H3;1H/t10-;/m0./s1. The lowest BCUT2D eigenvalue weighted by Gasteiger charge is -2.11. The van der Waals surface area contributed by atoms with Crippen LogP contribution in [0, 0.1) is 0 Å². The molecule has 0 radical (unpaired) electrons. The summed E-state index contributed by atoms with van der Waals surface area (Å²) in [6, 6.07) is 6.13. The number of carbonyl (C=O) groups is 1. The Labute approximate surface area is 101 Å². The van der Waals surface area contributed by atoms with Crippen LogP contribution in [0.2, 0.25) is 0 Å². The fraction of sp³-hybridized carbons (Fsp3) is 0.364. The summed E-state index contributed by atoms with van der Waals surface area (Å²) in [5.74, 6) is -0.180. The molecule has 0 heterocycles. The molecular weight excluding hydrogens is 230 g/mol. The lowest BCUT2D eigenvalue weighted by Crippen LogP contribution is -2.17. The Hall–Kier alpha value is -1.26. The largest absolute Gasteiger partial charge is 0.508 e. The van der Waals surface area contributed by atoms with Crippen LogP contribution in [0.15, 0.2) is 24.3 Å². The molecule has 0 saturated heterocycles. The first-order chi connectivity index (χ1) is 7.13. The van der Waals surface area contributed by atoms with E-state index in [0.717, 1.165) is 5.56 Å². The Morgan fingerprint density at radius 2 is 2.25 bits per heavy atom. The van der Waals surface area contributed by atoms with E-state index in [1.807, 2.05) is 0 Å². The number of phenols is 1. The van der Waals surface area contributed by atoms with Gasteiger partial charge in [0, 0.05) is 6.04 Å². The van der Waals surface area contributed by atoms with Crippen molar-refractivity contribution in [3.63, 3.8) is 0 Å². The van der Waals surface area contributed by atoms with Gasteiger partial charge in [-0.15, -0.1) is 12.4 Å². The molecule has 1 atom stereocenters. The number of hydrogen-bond acceptors (Lipinski definition) is 4. The zero-order chi connectivity index (χ0) is 11.3. The fourth-order valence-corrected chi connectivity index (χ4v) is 1.27. The Morgan fingerprint density at radius 1 is 1.56 bits per heavy atom. The van der Waals surface area contributed by atoms with Crippen LogP contribution in [0.4, 0.5) is 0 Å². The second kappa shape index (κ2) is 7.09. The van der Waals surface area contributed by atoms with E-state index < -0.39 is 6.04 Å². The highest BCUT2D eigenvalue weighted by Gasteiger charge is 2.12. The molecule has 1 aromatic carbocycles. The van der Waals surface area contributed by atoms with E-state index in [9.17, 15) is 9.90 Å². The normalized spacial score (nSPS) is 11.4. The quantitative estimate of drug-likeness (QED) is 0.793. The summed E-state index contributed by atoms with van der Waals surface area (Å²) in [5.41, 5.74) is 6.51. The lowest BCUT2D eigenvalue weighted by molar-refractivity contribution is -0.143. The van der Waals surface area contributed by atoms with Gasteiger partial charge in [-0.3, -0.25) is 4.79 Å². The molecule has 0 unspecified atom stereocenters. The number of rotatable bonds is 4. The van der Waals surface area contributed by atoms with Crippen LogP contribution in [0.3, 0.4) is 0 Å². The first-order valence-electron chi connectivity index (χ1n) is 4.83. The van der Waals surface area contributed by atoms with Crippen molar-refractivity contribution in [3.8, 4) is 5.75 Å². The average molecular weight is 246 g/mol. The van der Waals surface area contributed by atoms with Crippen LogP contribution in [0.5, 0.6) is 5.75 Å². The third-order valence-electron chi connectivity index (χ3n) is 1.99. The van der Waals surface area contributed by atoms with Crippen LogP contribution in [-0.4, -0.2) is 17.7 Å². The maximum absolute atomic E-state index is 11.1. The number of esters is 1. The molecule has 5 heteroatoms. The maximum Gasteiger partial charge on any atom is 0.307 e. The second-order valence-electron chi connectivity index (χ2n) is 3.21. The van der Waals surface area contributed by atoms with E-state index in [2.05, 4.69) is 0 Å². The van der Waals surface area contributed by atoms with Crippen molar-refractivity contribution in [2.75, 3.05) is 6.61 Å². The summed E-state index contributed by atoms with van der Waals surface area (Å²) >= 11 is 0. The van der Waals surface area contributed by atoms with E-state index in [-0.39, 0.29) is 30.5 Å². The van der Waals surface area contributed by atoms with Gasteiger partial charge < -0.3 is 15.6 Å². The van der Waals surface area contributed by atoms with Crippen molar-refractivity contribution < 1.29 is 14.6 Å². The molecule has 0 bridgehead atoms. The molecule has 0 amide bonds. The highest BCUT2D eigenvalue weighted by molar-refractivity contribution is 5.85. The minimum atomic E-state index is -0.434. The molecule has 3 N–H and O–H groups in total. The molecule has 90 valence electrons. The number of aromatic hydroxyl groups is 1. The van der Waals surface area contributed by atoms with E-state index in [0.29, 0.717) is 6.61 Å². The molecule has 16 heavy (non-hydrogen) atoms. The minimum Gasteiger partial charge on any atom is -0.508 e. The zero-order valence-corrected chi connectivity index (χ0v) is 9.87. The third-order valence-corrected chi connectivity index (χ3v) is 1.99.